The van der Waals surface area contributed by atoms with Gasteiger partial charge in [-0.05, 0) is 52.4 Å². The zero-order chi connectivity index (χ0) is 14.8. The van der Waals surface area contributed by atoms with Gasteiger partial charge in [0.2, 0.25) is 0 Å². The number of hydrogen-bond acceptors (Lipinski definition) is 4. The molecule has 1 fully saturated rings. The molecule has 2 atom stereocenters. The molecule has 0 saturated carbocycles. The van der Waals surface area contributed by atoms with Gasteiger partial charge in [0, 0.05) is 17.6 Å². The third-order valence-corrected chi connectivity index (χ3v) is 5.47. The van der Waals surface area contributed by atoms with Crippen molar-refractivity contribution >= 4 is 44.6 Å². The van der Waals surface area contributed by atoms with E-state index in [0.717, 1.165) is 9.48 Å². The third kappa shape index (κ3) is 2.96. The molecule has 0 aromatic carbocycles. The van der Waals surface area contributed by atoms with Crippen molar-refractivity contribution in [2.75, 3.05) is 13.2 Å². The monoisotopic (exact) mass is 383 g/mol. The van der Waals surface area contributed by atoms with E-state index >= 15 is 0 Å². The highest BCUT2D eigenvalue weighted by atomic mass is 79.9. The van der Waals surface area contributed by atoms with Gasteiger partial charge in [0.15, 0.2) is 5.11 Å². The van der Waals surface area contributed by atoms with Crippen molar-refractivity contribution in [2.24, 2.45) is 0 Å². The summed E-state index contributed by atoms with van der Waals surface area (Å²) in [6, 6.07) is 10.1. The van der Waals surface area contributed by atoms with Crippen LogP contribution in [0, 0.1) is 0 Å². The standard InChI is InChI=1S/C14H14BrN3OS2/c15-11-5-4-10(21-11)13-12(9-3-1-2-6-16-9)17-14(20)18(13)7-8-19/h1-6,12-13,19H,7-8H2,(H,17,20). The molecule has 3 rings (SSSR count). The summed E-state index contributed by atoms with van der Waals surface area (Å²) in [4.78, 5) is 7.68. The van der Waals surface area contributed by atoms with Gasteiger partial charge in [0.05, 0.1) is 28.2 Å². The maximum Gasteiger partial charge on any atom is 0.170 e. The second kappa shape index (κ2) is 6.39. The highest BCUT2D eigenvalue weighted by molar-refractivity contribution is 9.11. The number of thiophene rings is 1. The SMILES string of the molecule is OCCN1C(=S)NC(c2ccccn2)C1c1ccc(Br)s1. The van der Waals surface area contributed by atoms with Crippen molar-refractivity contribution in [2.45, 2.75) is 12.1 Å². The van der Waals surface area contributed by atoms with Gasteiger partial charge >= 0.3 is 0 Å². The molecule has 0 radical (unpaired) electrons. The van der Waals surface area contributed by atoms with Gasteiger partial charge in [0.1, 0.15) is 0 Å². The Balaban J connectivity index is 2.00. The second-order valence-electron chi connectivity index (χ2n) is 4.69. The van der Waals surface area contributed by atoms with Crippen LogP contribution in [0.3, 0.4) is 0 Å². The number of hydrogen-bond donors (Lipinski definition) is 2. The first-order valence-electron chi connectivity index (χ1n) is 6.55. The van der Waals surface area contributed by atoms with E-state index in [4.69, 9.17) is 12.2 Å². The molecule has 1 aliphatic heterocycles. The maximum absolute atomic E-state index is 9.32. The number of aliphatic hydroxyl groups excluding tert-OH is 1. The largest absolute Gasteiger partial charge is 0.395 e. The van der Waals surface area contributed by atoms with Crippen LogP contribution in [0.5, 0.6) is 0 Å². The quantitative estimate of drug-likeness (QED) is 0.794. The lowest BCUT2D eigenvalue weighted by molar-refractivity contribution is 0.224. The first-order valence-corrected chi connectivity index (χ1v) is 8.56. The van der Waals surface area contributed by atoms with E-state index in [9.17, 15) is 5.11 Å². The molecular formula is C14H14BrN3OS2. The van der Waals surface area contributed by atoms with E-state index < -0.39 is 0 Å². The summed E-state index contributed by atoms with van der Waals surface area (Å²) in [6.45, 7) is 0.579. The average molecular weight is 384 g/mol. The second-order valence-corrected chi connectivity index (χ2v) is 7.57. The van der Waals surface area contributed by atoms with Crippen molar-refractivity contribution in [3.05, 3.63) is 50.9 Å². The zero-order valence-electron chi connectivity index (χ0n) is 11.1. The Hall–Kier alpha value is -1.02. The van der Waals surface area contributed by atoms with E-state index in [1.165, 1.54) is 4.88 Å². The summed E-state index contributed by atoms with van der Waals surface area (Å²) >= 11 is 10.6. The predicted molar refractivity (Wildman–Crippen MR) is 91.3 cm³/mol. The molecule has 3 heterocycles. The van der Waals surface area contributed by atoms with Gasteiger partial charge in [-0.1, -0.05) is 6.07 Å². The molecule has 7 heteroatoms. The van der Waals surface area contributed by atoms with E-state index in [-0.39, 0.29) is 18.7 Å². The van der Waals surface area contributed by atoms with Gasteiger partial charge in [-0.2, -0.15) is 0 Å². The summed E-state index contributed by atoms with van der Waals surface area (Å²) in [7, 11) is 0. The Morgan fingerprint density at radius 3 is 2.86 bits per heavy atom. The molecule has 2 unspecified atom stereocenters. The van der Waals surface area contributed by atoms with Crippen LogP contribution in [0.2, 0.25) is 0 Å². The van der Waals surface area contributed by atoms with Crippen LogP contribution in [0.4, 0.5) is 0 Å². The summed E-state index contributed by atoms with van der Waals surface area (Å²) in [5.74, 6) is 0. The predicted octanol–water partition coefficient (Wildman–Crippen LogP) is 2.87. The number of thiocarbonyl (C=S) groups is 1. The Bertz CT molecular complexity index is 634. The van der Waals surface area contributed by atoms with Crippen LogP contribution in [-0.2, 0) is 0 Å². The van der Waals surface area contributed by atoms with Crippen LogP contribution >= 0.6 is 39.5 Å². The van der Waals surface area contributed by atoms with Crippen LogP contribution < -0.4 is 5.32 Å². The number of aromatic nitrogens is 1. The topological polar surface area (TPSA) is 48.4 Å². The summed E-state index contributed by atoms with van der Waals surface area (Å²) < 4.78 is 1.08. The fraction of sp³-hybridized carbons (Fsp3) is 0.286. The van der Waals surface area contributed by atoms with E-state index in [0.29, 0.717) is 11.7 Å². The van der Waals surface area contributed by atoms with Gasteiger partial charge in [-0.15, -0.1) is 11.3 Å². The Labute approximate surface area is 140 Å². The van der Waals surface area contributed by atoms with Crippen molar-refractivity contribution < 1.29 is 5.11 Å². The highest BCUT2D eigenvalue weighted by Gasteiger charge is 2.40. The fourth-order valence-corrected chi connectivity index (χ4v) is 4.46. The average Bonchev–Trinajstić information content (AvgIpc) is 3.05. The first-order chi connectivity index (χ1) is 10.2. The number of rotatable bonds is 4. The molecule has 1 aliphatic rings. The fourth-order valence-electron chi connectivity index (χ4n) is 2.55. The Kier molecular flexibility index (Phi) is 4.54. The van der Waals surface area contributed by atoms with Gasteiger partial charge in [-0.25, -0.2) is 0 Å². The molecule has 1 saturated heterocycles. The molecule has 4 nitrogen and oxygen atoms in total. The van der Waals surface area contributed by atoms with Crippen molar-refractivity contribution in [3.63, 3.8) is 0 Å². The van der Waals surface area contributed by atoms with Crippen LogP contribution in [0.1, 0.15) is 22.7 Å². The van der Waals surface area contributed by atoms with Gasteiger partial charge in [0.25, 0.3) is 0 Å². The molecule has 110 valence electrons. The maximum atomic E-state index is 9.32. The van der Waals surface area contributed by atoms with Crippen molar-refractivity contribution in [3.8, 4) is 0 Å². The Morgan fingerprint density at radius 2 is 2.24 bits per heavy atom. The minimum atomic E-state index is -0.00389. The molecule has 0 spiro atoms. The lowest BCUT2D eigenvalue weighted by atomic mass is 10.0. The number of nitrogens with zero attached hydrogens (tertiary/aromatic N) is 2. The summed E-state index contributed by atoms with van der Waals surface area (Å²) in [5, 5.41) is 13.3. The number of β-amino-alcohol motifs (C(OH)–C–C–N with tert-alkyl or cyclic N) is 1. The van der Waals surface area contributed by atoms with Crippen LogP contribution in [0.25, 0.3) is 0 Å². The number of aliphatic hydroxyl groups is 1. The number of pyridine rings is 1. The normalized spacial score (nSPS) is 21.6. The molecule has 2 aromatic rings. The molecule has 21 heavy (non-hydrogen) atoms. The number of halogens is 1. The smallest absolute Gasteiger partial charge is 0.170 e. The summed E-state index contributed by atoms with van der Waals surface area (Å²) in [6.07, 6.45) is 1.79. The van der Waals surface area contributed by atoms with Crippen LogP contribution in [0.15, 0.2) is 40.3 Å². The zero-order valence-corrected chi connectivity index (χ0v) is 14.3. The van der Waals surface area contributed by atoms with Crippen LogP contribution in [-0.4, -0.2) is 33.3 Å². The Morgan fingerprint density at radius 1 is 1.38 bits per heavy atom. The minimum Gasteiger partial charge on any atom is -0.395 e. The van der Waals surface area contributed by atoms with Gasteiger partial charge in [-0.3, -0.25) is 4.98 Å². The minimum absolute atomic E-state index is 0.00389. The molecule has 2 aromatic heterocycles. The summed E-state index contributed by atoms with van der Waals surface area (Å²) in [5.41, 5.74) is 0.954. The molecule has 0 aliphatic carbocycles. The van der Waals surface area contributed by atoms with E-state index in [1.807, 2.05) is 29.2 Å². The molecule has 2 N–H and O–H groups in total. The lowest BCUT2D eigenvalue weighted by Gasteiger charge is -2.25. The van der Waals surface area contributed by atoms with Gasteiger partial charge < -0.3 is 15.3 Å². The third-order valence-electron chi connectivity index (χ3n) is 3.42. The van der Waals surface area contributed by atoms with Crippen molar-refractivity contribution in [1.29, 1.82) is 0 Å². The van der Waals surface area contributed by atoms with Crippen molar-refractivity contribution in [1.82, 2.24) is 15.2 Å². The molecule has 0 amide bonds. The van der Waals surface area contributed by atoms with E-state index in [2.05, 4.69) is 32.3 Å². The highest BCUT2D eigenvalue weighted by Crippen LogP contribution is 2.41. The lowest BCUT2D eigenvalue weighted by Crippen LogP contribution is -2.31. The van der Waals surface area contributed by atoms with E-state index in [1.54, 1.807) is 17.5 Å². The molecule has 0 bridgehead atoms. The number of nitrogens with one attached hydrogen (secondary N) is 1. The first kappa shape index (κ1) is 14.9. The molecular weight excluding hydrogens is 370 g/mol.